The summed E-state index contributed by atoms with van der Waals surface area (Å²) in [4.78, 5) is 12.1. The van der Waals surface area contributed by atoms with Crippen molar-refractivity contribution in [3.05, 3.63) is 70.0 Å². The second-order valence-electron chi connectivity index (χ2n) is 3.77. The lowest BCUT2D eigenvalue weighted by molar-refractivity contribution is 0.103. The number of carbonyl (C=O) groups excluding carboxylic acids is 1. The van der Waals surface area contributed by atoms with Crippen molar-refractivity contribution in [1.82, 2.24) is 0 Å². The van der Waals surface area contributed by atoms with Crippen molar-refractivity contribution in [1.29, 1.82) is 0 Å². The highest BCUT2D eigenvalue weighted by Crippen LogP contribution is 2.19. The molecule has 0 fully saturated rings. The highest BCUT2D eigenvalue weighted by molar-refractivity contribution is 6.30. The molecule has 0 atom stereocenters. The molecule has 3 heteroatoms. The molecule has 2 aromatic rings. The molecule has 0 aliphatic heterocycles. The van der Waals surface area contributed by atoms with E-state index in [1.165, 1.54) is 12.1 Å². The number of hydrogen-bond acceptors (Lipinski definition) is 1. The molecular formula is C14H10ClFO. The molecule has 0 saturated carbocycles. The van der Waals surface area contributed by atoms with E-state index in [9.17, 15) is 9.18 Å². The van der Waals surface area contributed by atoms with Gasteiger partial charge in [0.15, 0.2) is 5.78 Å². The first kappa shape index (κ1) is 11.8. The summed E-state index contributed by atoms with van der Waals surface area (Å²) >= 11 is 5.65. The standard InChI is InChI=1S/C14H10ClFO/c1-9-4-2-3-5-11(9)14(17)12-7-6-10(15)8-13(12)16/h2-8H,1H3. The van der Waals surface area contributed by atoms with Gasteiger partial charge in [-0.05, 0) is 30.7 Å². The zero-order chi connectivity index (χ0) is 12.4. The van der Waals surface area contributed by atoms with E-state index >= 15 is 0 Å². The molecule has 17 heavy (non-hydrogen) atoms. The van der Waals surface area contributed by atoms with Crippen LogP contribution < -0.4 is 0 Å². The van der Waals surface area contributed by atoms with Crippen LogP contribution in [0.15, 0.2) is 42.5 Å². The van der Waals surface area contributed by atoms with Crippen LogP contribution in [0.3, 0.4) is 0 Å². The molecule has 0 radical (unpaired) electrons. The zero-order valence-corrected chi connectivity index (χ0v) is 9.96. The summed E-state index contributed by atoms with van der Waals surface area (Å²) in [5.41, 5.74) is 1.38. The topological polar surface area (TPSA) is 17.1 Å². The van der Waals surface area contributed by atoms with Crippen LogP contribution in [0, 0.1) is 12.7 Å². The van der Waals surface area contributed by atoms with E-state index in [2.05, 4.69) is 0 Å². The van der Waals surface area contributed by atoms with Crippen molar-refractivity contribution in [2.45, 2.75) is 6.92 Å². The molecule has 0 N–H and O–H groups in total. The molecule has 0 amide bonds. The Labute approximate surface area is 104 Å². The number of carbonyl (C=O) groups is 1. The molecule has 0 unspecified atom stereocenters. The van der Waals surface area contributed by atoms with Crippen LogP contribution in [0.4, 0.5) is 4.39 Å². The quantitative estimate of drug-likeness (QED) is 0.734. The number of halogens is 2. The minimum atomic E-state index is -0.592. The van der Waals surface area contributed by atoms with Gasteiger partial charge in [-0.25, -0.2) is 4.39 Å². The maximum Gasteiger partial charge on any atom is 0.196 e. The summed E-state index contributed by atoms with van der Waals surface area (Å²) in [5.74, 6) is -0.914. The normalized spacial score (nSPS) is 10.3. The van der Waals surface area contributed by atoms with Crippen molar-refractivity contribution < 1.29 is 9.18 Å². The average molecular weight is 249 g/mol. The molecule has 2 aromatic carbocycles. The van der Waals surface area contributed by atoms with Gasteiger partial charge in [-0.3, -0.25) is 4.79 Å². The van der Waals surface area contributed by atoms with Crippen LogP contribution >= 0.6 is 11.6 Å². The van der Waals surface area contributed by atoms with Crippen LogP contribution in [0.5, 0.6) is 0 Å². The van der Waals surface area contributed by atoms with Gasteiger partial charge in [0.25, 0.3) is 0 Å². The minimum absolute atomic E-state index is 0.0451. The average Bonchev–Trinajstić information content (AvgIpc) is 2.29. The van der Waals surface area contributed by atoms with Gasteiger partial charge in [-0.15, -0.1) is 0 Å². The highest BCUT2D eigenvalue weighted by atomic mass is 35.5. The predicted octanol–water partition coefficient (Wildman–Crippen LogP) is 4.02. The lowest BCUT2D eigenvalue weighted by atomic mass is 9.99. The Balaban J connectivity index is 2.48. The van der Waals surface area contributed by atoms with Gasteiger partial charge in [0.05, 0.1) is 5.56 Å². The summed E-state index contributed by atoms with van der Waals surface area (Å²) in [5, 5.41) is 0.281. The van der Waals surface area contributed by atoms with E-state index in [4.69, 9.17) is 11.6 Å². The van der Waals surface area contributed by atoms with Crippen LogP contribution in [0.2, 0.25) is 5.02 Å². The molecule has 1 nitrogen and oxygen atoms in total. The summed E-state index contributed by atoms with van der Waals surface area (Å²) in [6.07, 6.45) is 0. The first-order valence-electron chi connectivity index (χ1n) is 5.15. The number of rotatable bonds is 2. The Hall–Kier alpha value is -1.67. The van der Waals surface area contributed by atoms with E-state index in [1.54, 1.807) is 12.1 Å². The molecule has 0 saturated heterocycles. The molecule has 0 bridgehead atoms. The van der Waals surface area contributed by atoms with Gasteiger partial charge in [0.2, 0.25) is 0 Å². The third kappa shape index (κ3) is 2.37. The third-order valence-electron chi connectivity index (χ3n) is 2.57. The van der Waals surface area contributed by atoms with Crippen LogP contribution in [-0.2, 0) is 0 Å². The first-order valence-corrected chi connectivity index (χ1v) is 5.53. The maximum atomic E-state index is 13.6. The Morgan fingerprint density at radius 2 is 1.82 bits per heavy atom. The fourth-order valence-electron chi connectivity index (χ4n) is 1.65. The van der Waals surface area contributed by atoms with Gasteiger partial charge in [-0.2, -0.15) is 0 Å². The van der Waals surface area contributed by atoms with Crippen LogP contribution in [0.25, 0.3) is 0 Å². The van der Waals surface area contributed by atoms with Crippen LogP contribution in [0.1, 0.15) is 21.5 Å². The number of ketones is 1. The monoisotopic (exact) mass is 248 g/mol. The van der Waals surface area contributed by atoms with Gasteiger partial charge in [0.1, 0.15) is 5.82 Å². The maximum absolute atomic E-state index is 13.6. The van der Waals surface area contributed by atoms with Crippen molar-refractivity contribution >= 4 is 17.4 Å². The molecule has 2 rings (SSSR count). The molecule has 86 valence electrons. The number of aryl methyl sites for hydroxylation is 1. The van der Waals surface area contributed by atoms with E-state index < -0.39 is 5.82 Å². The highest BCUT2D eigenvalue weighted by Gasteiger charge is 2.15. The van der Waals surface area contributed by atoms with Gasteiger partial charge in [0, 0.05) is 10.6 Å². The molecule has 0 aliphatic rings. The summed E-state index contributed by atoms with van der Waals surface area (Å²) in [6, 6.07) is 11.2. The lowest BCUT2D eigenvalue weighted by Gasteiger charge is -2.05. The molecule has 0 aromatic heterocycles. The van der Waals surface area contributed by atoms with Crippen molar-refractivity contribution in [3.8, 4) is 0 Å². The Bertz CT molecular complexity index is 578. The van der Waals surface area contributed by atoms with E-state index in [1.807, 2.05) is 19.1 Å². The summed E-state index contributed by atoms with van der Waals surface area (Å²) in [6.45, 7) is 1.82. The molecule has 0 spiro atoms. The van der Waals surface area contributed by atoms with E-state index in [0.29, 0.717) is 5.56 Å². The Morgan fingerprint density at radius 3 is 2.47 bits per heavy atom. The van der Waals surface area contributed by atoms with E-state index in [-0.39, 0.29) is 16.4 Å². The van der Waals surface area contributed by atoms with Gasteiger partial charge < -0.3 is 0 Å². The lowest BCUT2D eigenvalue weighted by Crippen LogP contribution is -2.05. The van der Waals surface area contributed by atoms with Crippen molar-refractivity contribution in [2.24, 2.45) is 0 Å². The smallest absolute Gasteiger partial charge is 0.196 e. The predicted molar refractivity (Wildman–Crippen MR) is 66.0 cm³/mol. The molecule has 0 aliphatic carbocycles. The second-order valence-corrected chi connectivity index (χ2v) is 4.20. The van der Waals surface area contributed by atoms with Gasteiger partial charge >= 0.3 is 0 Å². The number of hydrogen-bond donors (Lipinski definition) is 0. The Kier molecular flexibility index (Phi) is 3.25. The summed E-state index contributed by atoms with van der Waals surface area (Å²) < 4.78 is 13.6. The molecular weight excluding hydrogens is 239 g/mol. The first-order chi connectivity index (χ1) is 8.09. The SMILES string of the molecule is Cc1ccccc1C(=O)c1ccc(Cl)cc1F. The number of benzene rings is 2. The molecule has 0 heterocycles. The zero-order valence-electron chi connectivity index (χ0n) is 9.21. The third-order valence-corrected chi connectivity index (χ3v) is 2.80. The van der Waals surface area contributed by atoms with Gasteiger partial charge in [-0.1, -0.05) is 35.9 Å². The van der Waals surface area contributed by atoms with Crippen molar-refractivity contribution in [2.75, 3.05) is 0 Å². The minimum Gasteiger partial charge on any atom is -0.288 e. The summed E-state index contributed by atoms with van der Waals surface area (Å²) in [7, 11) is 0. The van der Waals surface area contributed by atoms with E-state index in [0.717, 1.165) is 11.6 Å². The fraction of sp³-hybridized carbons (Fsp3) is 0.0714. The van der Waals surface area contributed by atoms with Crippen LogP contribution in [-0.4, -0.2) is 5.78 Å². The fourth-order valence-corrected chi connectivity index (χ4v) is 1.81. The van der Waals surface area contributed by atoms with Crippen molar-refractivity contribution in [3.63, 3.8) is 0 Å². The second kappa shape index (κ2) is 4.68. The largest absolute Gasteiger partial charge is 0.288 e. The Morgan fingerprint density at radius 1 is 1.12 bits per heavy atom.